The molecule has 0 N–H and O–H groups in total. The van der Waals surface area contributed by atoms with Crippen molar-refractivity contribution in [1.29, 1.82) is 0 Å². The van der Waals surface area contributed by atoms with Gasteiger partial charge >= 0.3 is 0 Å². The smallest absolute Gasteiger partial charge is 0.293 e. The minimum absolute atomic E-state index is 0.0268. The van der Waals surface area contributed by atoms with Gasteiger partial charge in [-0.2, -0.15) is 0 Å². The topological polar surface area (TPSA) is 79.4 Å². The van der Waals surface area contributed by atoms with Crippen LogP contribution < -0.4 is 9.47 Å². The molecule has 3 amide bonds. The Morgan fingerprint density at radius 2 is 1.79 bits per heavy atom. The molecule has 1 aromatic rings. The maximum Gasteiger partial charge on any atom is 0.293 e. The molecule has 156 valence electrons. The quantitative estimate of drug-likeness (QED) is 0.652. The SMILES string of the molecule is COc1ccc(/C=C2\SC(=O)N(CCC(=O)N3CCN(C)CC3)C2=O)cc1OC. The first-order valence-corrected chi connectivity index (χ1v) is 10.2. The number of imide groups is 1. The summed E-state index contributed by atoms with van der Waals surface area (Å²) >= 11 is 0.882. The summed E-state index contributed by atoms with van der Waals surface area (Å²) in [6, 6.07) is 5.26. The number of ether oxygens (including phenoxy) is 2. The van der Waals surface area contributed by atoms with Crippen LogP contribution >= 0.6 is 11.8 Å². The molecule has 9 heteroatoms. The summed E-state index contributed by atoms with van der Waals surface area (Å²) in [6.07, 6.45) is 1.79. The first-order valence-electron chi connectivity index (χ1n) is 9.36. The summed E-state index contributed by atoms with van der Waals surface area (Å²) in [5.41, 5.74) is 0.724. The second kappa shape index (κ2) is 9.32. The van der Waals surface area contributed by atoms with Gasteiger partial charge in [0, 0.05) is 39.1 Å². The third-order valence-electron chi connectivity index (χ3n) is 4.98. The van der Waals surface area contributed by atoms with Crippen LogP contribution in [0.5, 0.6) is 11.5 Å². The van der Waals surface area contributed by atoms with Crippen molar-refractivity contribution in [1.82, 2.24) is 14.7 Å². The number of amides is 3. The van der Waals surface area contributed by atoms with Gasteiger partial charge in [-0.15, -0.1) is 0 Å². The van der Waals surface area contributed by atoms with E-state index in [9.17, 15) is 14.4 Å². The number of hydrogen-bond donors (Lipinski definition) is 0. The van der Waals surface area contributed by atoms with E-state index in [-0.39, 0.29) is 30.0 Å². The van der Waals surface area contributed by atoms with Gasteiger partial charge in [0.25, 0.3) is 11.1 Å². The van der Waals surface area contributed by atoms with Crippen molar-refractivity contribution in [2.75, 3.05) is 54.0 Å². The Morgan fingerprint density at radius 1 is 1.10 bits per heavy atom. The molecule has 0 bridgehead atoms. The summed E-state index contributed by atoms with van der Waals surface area (Å²) < 4.78 is 10.5. The summed E-state index contributed by atoms with van der Waals surface area (Å²) in [4.78, 5) is 42.8. The molecule has 0 aromatic heterocycles. The maximum atomic E-state index is 12.7. The van der Waals surface area contributed by atoms with Gasteiger partial charge in [-0.05, 0) is 42.6 Å². The average molecular weight is 420 g/mol. The van der Waals surface area contributed by atoms with Crippen molar-refractivity contribution < 1.29 is 23.9 Å². The first kappa shape index (κ1) is 21.2. The molecule has 2 saturated heterocycles. The second-order valence-electron chi connectivity index (χ2n) is 6.88. The van der Waals surface area contributed by atoms with Crippen molar-refractivity contribution in [3.05, 3.63) is 28.7 Å². The molecule has 1 aromatic carbocycles. The minimum Gasteiger partial charge on any atom is -0.493 e. The van der Waals surface area contributed by atoms with Gasteiger partial charge in [0.2, 0.25) is 5.91 Å². The Hall–Kier alpha value is -2.52. The number of thioether (sulfide) groups is 1. The first-order chi connectivity index (χ1) is 13.9. The molecule has 0 radical (unpaired) electrons. The second-order valence-corrected chi connectivity index (χ2v) is 7.88. The number of hydrogen-bond acceptors (Lipinski definition) is 7. The number of piperazine rings is 1. The number of nitrogens with zero attached hydrogens (tertiary/aromatic N) is 3. The zero-order chi connectivity index (χ0) is 21.0. The van der Waals surface area contributed by atoms with E-state index in [1.54, 1.807) is 36.3 Å². The zero-order valence-electron chi connectivity index (χ0n) is 16.8. The van der Waals surface area contributed by atoms with Gasteiger partial charge in [-0.1, -0.05) is 6.07 Å². The molecule has 0 aliphatic carbocycles. The highest BCUT2D eigenvalue weighted by atomic mass is 32.2. The van der Waals surface area contributed by atoms with Crippen LogP contribution in [0.2, 0.25) is 0 Å². The molecule has 0 atom stereocenters. The van der Waals surface area contributed by atoms with E-state index in [1.807, 2.05) is 7.05 Å². The number of likely N-dealkylation sites (N-methyl/N-ethyl adjacent to an activating group) is 1. The van der Waals surface area contributed by atoms with E-state index in [1.165, 1.54) is 7.11 Å². The predicted molar refractivity (Wildman–Crippen MR) is 111 cm³/mol. The third-order valence-corrected chi connectivity index (χ3v) is 5.89. The van der Waals surface area contributed by atoms with Crippen LogP contribution in [-0.2, 0) is 9.59 Å². The zero-order valence-corrected chi connectivity index (χ0v) is 17.7. The molecule has 0 spiro atoms. The average Bonchev–Trinajstić information content (AvgIpc) is 2.99. The van der Waals surface area contributed by atoms with Crippen LogP contribution in [0.3, 0.4) is 0 Å². The van der Waals surface area contributed by atoms with Crippen LogP contribution in [0.1, 0.15) is 12.0 Å². The minimum atomic E-state index is -0.374. The summed E-state index contributed by atoms with van der Waals surface area (Å²) in [5.74, 6) is 0.723. The van der Waals surface area contributed by atoms with E-state index in [0.29, 0.717) is 29.5 Å². The Morgan fingerprint density at radius 3 is 2.45 bits per heavy atom. The molecule has 0 unspecified atom stereocenters. The molecule has 2 fully saturated rings. The number of carbonyl (C=O) groups is 3. The van der Waals surface area contributed by atoms with Crippen molar-refractivity contribution in [3.8, 4) is 11.5 Å². The fourth-order valence-electron chi connectivity index (χ4n) is 3.21. The molecule has 2 aliphatic rings. The van der Waals surface area contributed by atoms with Gasteiger partial charge in [0.15, 0.2) is 11.5 Å². The summed E-state index contributed by atoms with van der Waals surface area (Å²) in [5, 5.41) is -0.354. The van der Waals surface area contributed by atoms with Crippen LogP contribution in [0.15, 0.2) is 23.1 Å². The molecule has 29 heavy (non-hydrogen) atoms. The number of methoxy groups -OCH3 is 2. The number of benzene rings is 1. The lowest BCUT2D eigenvalue weighted by Crippen LogP contribution is -2.47. The molecule has 3 rings (SSSR count). The summed E-state index contributed by atoms with van der Waals surface area (Å²) in [7, 11) is 5.10. The van der Waals surface area contributed by atoms with E-state index in [0.717, 1.165) is 35.3 Å². The van der Waals surface area contributed by atoms with Crippen molar-refractivity contribution >= 4 is 34.9 Å². The predicted octanol–water partition coefficient (Wildman–Crippen LogP) is 1.90. The van der Waals surface area contributed by atoms with Gasteiger partial charge < -0.3 is 19.3 Å². The Balaban J connectivity index is 1.63. The molecule has 0 saturated carbocycles. The normalized spacial score (nSPS) is 19.2. The Bertz CT molecular complexity index is 833. The van der Waals surface area contributed by atoms with Crippen molar-refractivity contribution in [3.63, 3.8) is 0 Å². The highest BCUT2D eigenvalue weighted by Gasteiger charge is 2.35. The molecule has 2 heterocycles. The highest BCUT2D eigenvalue weighted by molar-refractivity contribution is 8.18. The third kappa shape index (κ3) is 4.91. The van der Waals surface area contributed by atoms with E-state index in [4.69, 9.17) is 9.47 Å². The van der Waals surface area contributed by atoms with Crippen LogP contribution in [0.4, 0.5) is 4.79 Å². The van der Waals surface area contributed by atoms with Gasteiger partial charge in [0.05, 0.1) is 19.1 Å². The van der Waals surface area contributed by atoms with Crippen LogP contribution in [0, 0.1) is 0 Å². The van der Waals surface area contributed by atoms with Gasteiger partial charge in [0.1, 0.15) is 0 Å². The van der Waals surface area contributed by atoms with Gasteiger partial charge in [-0.3, -0.25) is 19.3 Å². The van der Waals surface area contributed by atoms with Crippen LogP contribution in [-0.4, -0.2) is 85.7 Å². The Labute approximate surface area is 174 Å². The van der Waals surface area contributed by atoms with E-state index >= 15 is 0 Å². The molecular weight excluding hydrogens is 394 g/mol. The molecule has 8 nitrogen and oxygen atoms in total. The Kier molecular flexibility index (Phi) is 6.81. The fraction of sp³-hybridized carbons (Fsp3) is 0.450. The monoisotopic (exact) mass is 419 g/mol. The fourth-order valence-corrected chi connectivity index (χ4v) is 4.07. The lowest BCUT2D eigenvalue weighted by molar-refractivity contribution is -0.133. The molecular formula is C20H25N3O5S. The number of carbonyl (C=O) groups excluding carboxylic acids is 3. The lowest BCUT2D eigenvalue weighted by atomic mass is 10.2. The molecule has 2 aliphatic heterocycles. The van der Waals surface area contributed by atoms with Crippen molar-refractivity contribution in [2.24, 2.45) is 0 Å². The highest BCUT2D eigenvalue weighted by Crippen LogP contribution is 2.34. The maximum absolute atomic E-state index is 12.7. The lowest BCUT2D eigenvalue weighted by Gasteiger charge is -2.32. The number of rotatable bonds is 6. The van der Waals surface area contributed by atoms with Crippen molar-refractivity contribution in [2.45, 2.75) is 6.42 Å². The summed E-state index contributed by atoms with van der Waals surface area (Å²) in [6.45, 7) is 3.12. The van der Waals surface area contributed by atoms with E-state index in [2.05, 4.69) is 4.90 Å². The van der Waals surface area contributed by atoms with Gasteiger partial charge in [-0.25, -0.2) is 0 Å². The largest absolute Gasteiger partial charge is 0.493 e. The van der Waals surface area contributed by atoms with E-state index < -0.39 is 0 Å². The van der Waals surface area contributed by atoms with Crippen LogP contribution in [0.25, 0.3) is 6.08 Å². The standard InChI is InChI=1S/C20H25N3O5S/c1-21-8-10-22(11-9-21)18(24)6-7-23-19(25)17(29-20(23)26)13-14-4-5-15(27-2)16(12-14)28-3/h4-5,12-13H,6-11H2,1-3H3/b17-13-.